The summed E-state index contributed by atoms with van der Waals surface area (Å²) in [5.41, 5.74) is -4.33. The molecule has 0 heterocycles. The molecule has 0 aliphatic heterocycles. The minimum atomic E-state index is -2.16. The zero-order chi connectivity index (χ0) is 16.5. The lowest BCUT2D eigenvalue weighted by atomic mass is 10.6. The predicted octanol–water partition coefficient (Wildman–Crippen LogP) is 5.00. The van der Waals surface area contributed by atoms with Crippen LogP contribution in [0.1, 0.15) is 13.8 Å². The van der Waals surface area contributed by atoms with Gasteiger partial charge in [0.2, 0.25) is 11.4 Å². The Morgan fingerprint density at radius 3 is 1.29 bits per heavy atom. The Bertz CT molecular complexity index is 334. The average molecular weight is 431 g/mol. The van der Waals surface area contributed by atoms with Crippen molar-refractivity contribution in [2.24, 2.45) is 0 Å². The highest BCUT2D eigenvalue weighted by Gasteiger charge is 2.22. The number of thioether (sulfide) groups is 1. The Kier molecular flexibility index (Phi) is 12.9. The summed E-state index contributed by atoms with van der Waals surface area (Å²) in [6.07, 6.45) is 0. The quantitative estimate of drug-likeness (QED) is 0.398. The van der Waals surface area contributed by atoms with Gasteiger partial charge in [-0.1, -0.05) is 36.6 Å². The largest absolute Gasteiger partial charge is 0.325 e. The van der Waals surface area contributed by atoms with Crippen molar-refractivity contribution in [1.29, 1.82) is 0 Å². The smallest absolute Gasteiger partial charge is 0.247 e. The summed E-state index contributed by atoms with van der Waals surface area (Å²) < 4.78 is 21.2. The summed E-state index contributed by atoms with van der Waals surface area (Å²) in [6, 6.07) is 0. The highest BCUT2D eigenvalue weighted by molar-refractivity contribution is 8.68. The van der Waals surface area contributed by atoms with Crippen LogP contribution in [-0.2, 0) is 41.7 Å². The monoisotopic (exact) mass is 430 g/mol. The lowest BCUT2D eigenvalue weighted by Gasteiger charge is -2.22. The van der Waals surface area contributed by atoms with E-state index in [9.17, 15) is 0 Å². The normalized spacial score (nSPS) is 15.9. The molecule has 0 rings (SSSR count). The molecular weight excluding hydrogens is 406 g/mol. The van der Waals surface area contributed by atoms with Gasteiger partial charge in [-0.05, 0) is 23.6 Å². The topological polar surface area (TPSA) is 36.9 Å². The minimum Gasteiger partial charge on any atom is -0.325 e. The SMILES string of the molecule is COP(=S)(OC)SC(C)CSCC(C)SP(=S)(OC)OC. The molecule has 4 nitrogen and oxygen atoms in total. The molecule has 0 fully saturated rings. The first-order valence-electron chi connectivity index (χ1n) is 6.11. The van der Waals surface area contributed by atoms with E-state index in [0.29, 0.717) is 10.5 Å². The van der Waals surface area contributed by atoms with Crippen molar-refractivity contribution in [1.82, 2.24) is 0 Å². The van der Waals surface area contributed by atoms with Crippen molar-refractivity contribution in [2.75, 3.05) is 39.9 Å². The molecule has 0 aliphatic carbocycles. The van der Waals surface area contributed by atoms with Crippen LogP contribution >= 0.6 is 45.9 Å². The van der Waals surface area contributed by atoms with Crippen LogP contribution in [0.5, 0.6) is 0 Å². The third kappa shape index (κ3) is 9.92. The molecule has 0 spiro atoms. The first-order valence-corrected chi connectivity index (χ1v) is 15.5. The summed E-state index contributed by atoms with van der Waals surface area (Å²) in [7, 11) is 6.44. The van der Waals surface area contributed by atoms with Crippen LogP contribution in [0, 0.1) is 0 Å². The van der Waals surface area contributed by atoms with Gasteiger partial charge in [-0.3, -0.25) is 0 Å². The zero-order valence-electron chi connectivity index (χ0n) is 13.1. The summed E-state index contributed by atoms with van der Waals surface area (Å²) in [6.45, 7) is 4.28. The maximum absolute atomic E-state index is 5.36. The highest BCUT2D eigenvalue weighted by atomic mass is 32.9. The second-order valence-electron chi connectivity index (χ2n) is 3.99. The minimum absolute atomic E-state index is 0.380. The summed E-state index contributed by atoms with van der Waals surface area (Å²) in [5, 5.41) is 0.761. The molecule has 0 saturated carbocycles. The van der Waals surface area contributed by atoms with Gasteiger partial charge in [-0.2, -0.15) is 11.8 Å². The van der Waals surface area contributed by atoms with Gasteiger partial charge in [0.1, 0.15) is 0 Å². The number of hydrogen-bond acceptors (Lipinski definition) is 9. The van der Waals surface area contributed by atoms with Crippen molar-refractivity contribution in [3.63, 3.8) is 0 Å². The highest BCUT2D eigenvalue weighted by Crippen LogP contribution is 2.62. The fourth-order valence-electron chi connectivity index (χ4n) is 1.22. The lowest BCUT2D eigenvalue weighted by Crippen LogP contribution is -2.06. The van der Waals surface area contributed by atoms with E-state index < -0.39 is 11.4 Å². The van der Waals surface area contributed by atoms with Gasteiger partial charge in [-0.25, -0.2) is 0 Å². The molecule has 0 amide bonds. The van der Waals surface area contributed by atoms with Gasteiger partial charge in [0.05, 0.1) is 0 Å². The summed E-state index contributed by atoms with van der Waals surface area (Å²) in [4.78, 5) is 0. The molecule has 0 radical (unpaired) electrons. The van der Waals surface area contributed by atoms with Crippen molar-refractivity contribution >= 4 is 69.5 Å². The van der Waals surface area contributed by atoms with Crippen LogP contribution in [-0.4, -0.2) is 50.4 Å². The summed E-state index contributed by atoms with van der Waals surface area (Å²) in [5.74, 6) is 1.98. The fourth-order valence-corrected chi connectivity index (χ4v) is 12.0. The number of hydrogen-bond donors (Lipinski definition) is 0. The molecule has 0 aromatic carbocycles. The third-order valence-corrected chi connectivity index (χ3v) is 16.3. The molecule has 0 N–H and O–H groups in total. The maximum Gasteiger partial charge on any atom is 0.247 e. The van der Waals surface area contributed by atoms with Crippen LogP contribution in [0.25, 0.3) is 0 Å². The van der Waals surface area contributed by atoms with E-state index in [1.807, 2.05) is 11.8 Å². The molecule has 11 heteroatoms. The van der Waals surface area contributed by atoms with E-state index in [2.05, 4.69) is 13.8 Å². The third-order valence-electron chi connectivity index (χ3n) is 2.22. The van der Waals surface area contributed by atoms with Gasteiger partial charge < -0.3 is 18.1 Å². The first kappa shape index (κ1) is 23.2. The molecular formula is C10H24O4P2S5. The van der Waals surface area contributed by atoms with Gasteiger partial charge in [0.15, 0.2) is 0 Å². The Morgan fingerprint density at radius 1 is 0.762 bits per heavy atom. The molecule has 128 valence electrons. The Morgan fingerprint density at radius 2 is 1.05 bits per heavy atom. The molecule has 0 aromatic heterocycles. The zero-order valence-corrected chi connectivity index (χ0v) is 19.0. The second kappa shape index (κ2) is 11.7. The maximum atomic E-state index is 5.36. The van der Waals surface area contributed by atoms with Crippen molar-refractivity contribution < 1.29 is 18.1 Å². The Labute approximate surface area is 151 Å². The van der Waals surface area contributed by atoms with Crippen LogP contribution in [0.15, 0.2) is 0 Å². The standard InChI is InChI=1S/C10H24O4P2S5/c1-9(20-15(17,11-3)12-4)7-19-8-10(2)21-16(18,13-5)14-6/h9-10H,7-8H2,1-6H3. The molecule has 0 aliphatic rings. The number of rotatable bonds is 12. The Balaban J connectivity index is 4.09. The van der Waals surface area contributed by atoms with E-state index in [4.69, 9.17) is 41.7 Å². The molecule has 0 bridgehead atoms. The van der Waals surface area contributed by atoms with Gasteiger partial charge in [-0.15, -0.1) is 0 Å². The summed E-state index contributed by atoms with van der Waals surface area (Å²) >= 11 is 15.8. The van der Waals surface area contributed by atoms with Gasteiger partial charge >= 0.3 is 0 Å². The van der Waals surface area contributed by atoms with Gasteiger partial charge in [0, 0.05) is 50.4 Å². The molecule has 0 aromatic rings. The van der Waals surface area contributed by atoms with E-state index in [1.54, 1.807) is 51.2 Å². The van der Waals surface area contributed by atoms with Crippen molar-refractivity contribution in [3.05, 3.63) is 0 Å². The van der Waals surface area contributed by atoms with Crippen LogP contribution in [0.4, 0.5) is 0 Å². The lowest BCUT2D eigenvalue weighted by molar-refractivity contribution is 0.353. The second-order valence-corrected chi connectivity index (χ2v) is 18.8. The van der Waals surface area contributed by atoms with Crippen LogP contribution < -0.4 is 0 Å². The Hall–Kier alpha value is 2.19. The van der Waals surface area contributed by atoms with E-state index >= 15 is 0 Å². The van der Waals surface area contributed by atoms with E-state index in [0.717, 1.165) is 11.5 Å². The fraction of sp³-hybridized carbons (Fsp3) is 1.00. The van der Waals surface area contributed by atoms with Crippen LogP contribution in [0.3, 0.4) is 0 Å². The molecule has 2 atom stereocenters. The van der Waals surface area contributed by atoms with Gasteiger partial charge in [0.25, 0.3) is 0 Å². The first-order chi connectivity index (χ1) is 9.74. The molecule has 2 unspecified atom stereocenters. The average Bonchev–Trinajstić information content (AvgIpc) is 2.46. The molecule has 21 heavy (non-hydrogen) atoms. The van der Waals surface area contributed by atoms with E-state index in [1.165, 1.54) is 0 Å². The van der Waals surface area contributed by atoms with Crippen molar-refractivity contribution in [2.45, 2.75) is 24.3 Å². The predicted molar refractivity (Wildman–Crippen MR) is 108 cm³/mol. The van der Waals surface area contributed by atoms with E-state index in [-0.39, 0.29) is 0 Å². The van der Waals surface area contributed by atoms with Crippen molar-refractivity contribution in [3.8, 4) is 0 Å². The molecule has 0 saturated heterocycles. The van der Waals surface area contributed by atoms with Crippen LogP contribution in [0.2, 0.25) is 0 Å².